The number of carbonyl (C=O) groups is 2. The van der Waals surface area contributed by atoms with Crippen LogP contribution in [-0.2, 0) is 15.7 Å². The molecule has 8 heteroatoms. The second kappa shape index (κ2) is 8.01. The van der Waals surface area contributed by atoms with Crippen molar-refractivity contribution in [3.63, 3.8) is 0 Å². The van der Waals surface area contributed by atoms with Crippen LogP contribution in [0.4, 0.5) is 18.0 Å². The van der Waals surface area contributed by atoms with E-state index in [4.69, 9.17) is 0 Å². The summed E-state index contributed by atoms with van der Waals surface area (Å²) in [7, 11) is 1.28. The van der Waals surface area contributed by atoms with E-state index in [0.29, 0.717) is 31.3 Å². The largest absolute Gasteiger partial charge is 0.453 e. The third kappa shape index (κ3) is 4.25. The molecule has 0 bridgehead atoms. The van der Waals surface area contributed by atoms with Crippen LogP contribution in [0.25, 0.3) is 0 Å². The third-order valence-corrected chi connectivity index (χ3v) is 5.79. The molecule has 1 saturated heterocycles. The van der Waals surface area contributed by atoms with Crippen LogP contribution < -0.4 is 5.32 Å². The zero-order valence-corrected chi connectivity index (χ0v) is 16.0. The van der Waals surface area contributed by atoms with E-state index < -0.39 is 17.8 Å². The molecule has 3 rings (SSSR count). The number of hydrogen-bond acceptors (Lipinski definition) is 3. The fourth-order valence-corrected chi connectivity index (χ4v) is 4.29. The highest BCUT2D eigenvalue weighted by Gasteiger charge is 2.57. The minimum absolute atomic E-state index is 0.0247. The number of nitrogens with one attached hydrogen (secondary N) is 1. The Morgan fingerprint density at radius 2 is 1.82 bits per heavy atom. The monoisotopic (exact) mass is 398 g/mol. The normalized spacial score (nSPS) is 24.5. The minimum Gasteiger partial charge on any atom is -0.453 e. The second-order valence-electron chi connectivity index (χ2n) is 7.57. The Balaban J connectivity index is 1.55. The van der Waals surface area contributed by atoms with Crippen LogP contribution >= 0.6 is 0 Å². The number of rotatable bonds is 6. The van der Waals surface area contributed by atoms with E-state index in [1.807, 2.05) is 11.8 Å². The summed E-state index contributed by atoms with van der Waals surface area (Å²) in [5.74, 6) is 0.569. The fraction of sp³-hybridized carbons (Fsp3) is 0.600. The number of halogens is 3. The number of piperidine rings is 1. The molecule has 1 N–H and O–H groups in total. The van der Waals surface area contributed by atoms with Crippen LogP contribution in [0.15, 0.2) is 24.3 Å². The molecule has 1 aromatic carbocycles. The lowest BCUT2D eigenvalue weighted by atomic mass is 10.0. The lowest BCUT2D eigenvalue weighted by molar-refractivity contribution is -0.137. The summed E-state index contributed by atoms with van der Waals surface area (Å²) in [4.78, 5) is 25.9. The van der Waals surface area contributed by atoms with Crippen LogP contribution in [0.2, 0.25) is 0 Å². The molecule has 1 aliphatic heterocycles. The summed E-state index contributed by atoms with van der Waals surface area (Å²) in [5, 5.41) is 2.60. The van der Waals surface area contributed by atoms with E-state index >= 15 is 0 Å². The number of ether oxygens (including phenoxy) is 1. The van der Waals surface area contributed by atoms with Gasteiger partial charge in [-0.3, -0.25) is 4.79 Å². The summed E-state index contributed by atoms with van der Waals surface area (Å²) < 4.78 is 42.7. The van der Waals surface area contributed by atoms with Crippen molar-refractivity contribution in [3.8, 4) is 0 Å². The maximum atomic E-state index is 12.8. The standard InChI is InChI=1S/C20H25F3N2O3/c1-3-4-13(9-24-19(27)28-2)18(26)25-10-15-16(11-25)17(15)12-5-7-14(8-6-12)20(21,22)23/h5-8,13,15-17H,3-4,9-11H2,1-2H3,(H,24,27)/t13-,15-,16+,17+/m1/s1. The van der Waals surface area contributed by atoms with Gasteiger partial charge in [0.1, 0.15) is 0 Å². The highest BCUT2D eigenvalue weighted by Crippen LogP contribution is 2.58. The van der Waals surface area contributed by atoms with Gasteiger partial charge < -0.3 is 15.0 Å². The molecule has 1 saturated carbocycles. The number of carbonyl (C=O) groups excluding carboxylic acids is 2. The molecular formula is C20H25F3N2O3. The number of likely N-dealkylation sites (tertiary alicyclic amines) is 1. The molecular weight excluding hydrogens is 373 g/mol. The maximum Gasteiger partial charge on any atom is 0.416 e. The van der Waals surface area contributed by atoms with E-state index in [-0.39, 0.29) is 24.3 Å². The van der Waals surface area contributed by atoms with E-state index in [1.165, 1.54) is 7.11 Å². The molecule has 0 radical (unpaired) electrons. The zero-order valence-electron chi connectivity index (χ0n) is 16.0. The van der Waals surface area contributed by atoms with E-state index in [2.05, 4.69) is 10.1 Å². The first kappa shape index (κ1) is 20.5. The van der Waals surface area contributed by atoms with Crippen molar-refractivity contribution in [1.82, 2.24) is 10.2 Å². The lowest BCUT2D eigenvalue weighted by Crippen LogP contribution is -2.41. The molecule has 2 aliphatic rings. The van der Waals surface area contributed by atoms with Gasteiger partial charge in [0.25, 0.3) is 0 Å². The Morgan fingerprint density at radius 3 is 2.32 bits per heavy atom. The topological polar surface area (TPSA) is 58.6 Å². The molecule has 2 fully saturated rings. The molecule has 1 heterocycles. The predicted molar refractivity (Wildman–Crippen MR) is 96.6 cm³/mol. The number of fused-ring (bicyclic) bond motifs is 1. The number of alkyl carbamates (subject to hydrolysis) is 1. The van der Waals surface area contributed by atoms with E-state index in [0.717, 1.165) is 24.1 Å². The second-order valence-corrected chi connectivity index (χ2v) is 7.57. The highest BCUT2D eigenvalue weighted by atomic mass is 19.4. The van der Waals surface area contributed by atoms with Gasteiger partial charge in [-0.05, 0) is 41.9 Å². The molecule has 1 aliphatic carbocycles. The molecule has 0 unspecified atom stereocenters. The van der Waals surface area contributed by atoms with Gasteiger partial charge >= 0.3 is 12.3 Å². The van der Waals surface area contributed by atoms with Gasteiger partial charge in [0, 0.05) is 19.6 Å². The van der Waals surface area contributed by atoms with Crippen molar-refractivity contribution >= 4 is 12.0 Å². The third-order valence-electron chi connectivity index (χ3n) is 5.79. The number of amides is 2. The zero-order chi connectivity index (χ0) is 20.5. The Bertz CT molecular complexity index is 708. The van der Waals surface area contributed by atoms with Crippen LogP contribution in [0.1, 0.15) is 36.8 Å². The number of nitrogens with zero attached hydrogens (tertiary/aromatic N) is 1. The average Bonchev–Trinajstić information content (AvgIpc) is 3.16. The van der Waals surface area contributed by atoms with Crippen molar-refractivity contribution in [1.29, 1.82) is 0 Å². The molecule has 5 nitrogen and oxygen atoms in total. The molecule has 1 aromatic rings. The van der Waals surface area contributed by atoms with Gasteiger partial charge in [0.15, 0.2) is 0 Å². The Hall–Kier alpha value is -2.25. The Morgan fingerprint density at radius 1 is 1.21 bits per heavy atom. The lowest BCUT2D eigenvalue weighted by Gasteiger charge is -2.25. The van der Waals surface area contributed by atoms with Crippen molar-refractivity contribution in [2.75, 3.05) is 26.7 Å². The number of methoxy groups -OCH3 is 1. The van der Waals surface area contributed by atoms with Gasteiger partial charge in [0.05, 0.1) is 18.6 Å². The maximum absolute atomic E-state index is 12.8. The quantitative estimate of drug-likeness (QED) is 0.796. The van der Waals surface area contributed by atoms with Crippen molar-refractivity contribution < 1.29 is 27.5 Å². The van der Waals surface area contributed by atoms with Gasteiger partial charge in [0.2, 0.25) is 5.91 Å². The molecule has 28 heavy (non-hydrogen) atoms. The molecule has 4 atom stereocenters. The summed E-state index contributed by atoms with van der Waals surface area (Å²) in [5.41, 5.74) is 0.270. The fourth-order valence-electron chi connectivity index (χ4n) is 4.29. The first-order valence-electron chi connectivity index (χ1n) is 9.54. The highest BCUT2D eigenvalue weighted by molar-refractivity contribution is 5.80. The molecule has 2 amide bonds. The minimum atomic E-state index is -4.33. The number of alkyl halides is 3. The molecule has 154 valence electrons. The van der Waals surface area contributed by atoms with Crippen LogP contribution in [0.3, 0.4) is 0 Å². The average molecular weight is 398 g/mol. The molecule has 0 aromatic heterocycles. The number of hydrogen-bond donors (Lipinski definition) is 1. The first-order chi connectivity index (χ1) is 13.3. The van der Waals surface area contributed by atoms with E-state index in [9.17, 15) is 22.8 Å². The number of benzene rings is 1. The van der Waals surface area contributed by atoms with Crippen molar-refractivity contribution in [2.45, 2.75) is 31.9 Å². The van der Waals surface area contributed by atoms with Gasteiger partial charge in [-0.15, -0.1) is 0 Å². The van der Waals surface area contributed by atoms with Crippen molar-refractivity contribution in [2.24, 2.45) is 17.8 Å². The SMILES string of the molecule is CCC[C@H](CNC(=O)OC)C(=O)N1C[C@@H]2[C@H](C1)[C@H]2c1ccc(C(F)(F)F)cc1. The van der Waals surface area contributed by atoms with Gasteiger partial charge in [-0.25, -0.2) is 4.79 Å². The summed E-state index contributed by atoms with van der Waals surface area (Å²) in [6.45, 7) is 3.47. The summed E-state index contributed by atoms with van der Waals surface area (Å²) in [6, 6.07) is 5.36. The summed E-state index contributed by atoms with van der Waals surface area (Å²) in [6.07, 6.45) is -3.38. The van der Waals surface area contributed by atoms with Gasteiger partial charge in [-0.2, -0.15) is 13.2 Å². The predicted octanol–water partition coefficient (Wildman–Crippen LogP) is 3.65. The first-order valence-corrected chi connectivity index (χ1v) is 9.54. The van der Waals surface area contributed by atoms with Crippen molar-refractivity contribution in [3.05, 3.63) is 35.4 Å². The smallest absolute Gasteiger partial charge is 0.416 e. The van der Waals surface area contributed by atoms with Crippen LogP contribution in [-0.4, -0.2) is 43.6 Å². The van der Waals surface area contributed by atoms with Crippen LogP contribution in [0.5, 0.6) is 0 Å². The Kier molecular flexibility index (Phi) is 5.86. The summed E-state index contributed by atoms with van der Waals surface area (Å²) >= 11 is 0. The van der Waals surface area contributed by atoms with Crippen LogP contribution in [0, 0.1) is 17.8 Å². The van der Waals surface area contributed by atoms with E-state index in [1.54, 1.807) is 12.1 Å². The van der Waals surface area contributed by atoms with Gasteiger partial charge in [-0.1, -0.05) is 25.5 Å². The Labute approximate surface area is 162 Å². The molecule has 0 spiro atoms.